The van der Waals surface area contributed by atoms with Crippen molar-refractivity contribution < 1.29 is 4.79 Å². The molecule has 2 heterocycles. The van der Waals surface area contributed by atoms with Gasteiger partial charge in [-0.05, 0) is 73.9 Å². The van der Waals surface area contributed by atoms with Crippen molar-refractivity contribution in [1.29, 1.82) is 0 Å². The number of fused-ring (bicyclic) bond motifs is 1. The molecule has 0 bridgehead atoms. The van der Waals surface area contributed by atoms with E-state index in [4.69, 9.17) is 0 Å². The first-order valence-electron chi connectivity index (χ1n) is 11.6. The Labute approximate surface area is 181 Å². The van der Waals surface area contributed by atoms with Crippen LogP contribution in [0.25, 0.3) is 0 Å². The van der Waals surface area contributed by atoms with Crippen molar-refractivity contribution in [1.82, 2.24) is 10.2 Å². The van der Waals surface area contributed by atoms with E-state index in [1.165, 1.54) is 55.6 Å². The summed E-state index contributed by atoms with van der Waals surface area (Å²) in [5, 5.41) is 3.09. The van der Waals surface area contributed by atoms with E-state index >= 15 is 0 Å². The summed E-state index contributed by atoms with van der Waals surface area (Å²) in [7, 11) is 0. The summed E-state index contributed by atoms with van der Waals surface area (Å²) < 4.78 is 0. The number of piperidine rings is 1. The number of hydrogen-bond donors (Lipinski definition) is 1. The van der Waals surface area contributed by atoms with Crippen LogP contribution >= 0.6 is 0 Å². The third-order valence-electron chi connectivity index (χ3n) is 6.46. The molecule has 2 aliphatic rings. The molecule has 0 aromatic heterocycles. The van der Waals surface area contributed by atoms with E-state index in [0.29, 0.717) is 6.54 Å². The van der Waals surface area contributed by atoms with Gasteiger partial charge in [-0.1, -0.05) is 37.3 Å². The first kappa shape index (κ1) is 20.9. The highest BCUT2D eigenvalue weighted by Gasteiger charge is 2.17. The van der Waals surface area contributed by atoms with Gasteiger partial charge < -0.3 is 10.2 Å². The van der Waals surface area contributed by atoms with Gasteiger partial charge in [0, 0.05) is 44.0 Å². The van der Waals surface area contributed by atoms with Gasteiger partial charge in [-0.2, -0.15) is 0 Å². The Bertz CT molecular complexity index is 832. The second-order valence-corrected chi connectivity index (χ2v) is 9.01. The van der Waals surface area contributed by atoms with Crippen LogP contribution in [0.2, 0.25) is 0 Å². The number of benzene rings is 2. The Morgan fingerprint density at radius 2 is 1.90 bits per heavy atom. The molecule has 4 nitrogen and oxygen atoms in total. The minimum Gasteiger partial charge on any atom is -0.371 e. The molecule has 0 saturated carbocycles. The molecule has 1 fully saturated rings. The monoisotopic (exact) mass is 405 g/mol. The van der Waals surface area contributed by atoms with Gasteiger partial charge in [0.1, 0.15) is 0 Å². The summed E-state index contributed by atoms with van der Waals surface area (Å²) in [5.74, 6) is 0.828. The van der Waals surface area contributed by atoms with Crippen molar-refractivity contribution >= 4 is 11.6 Å². The zero-order chi connectivity index (χ0) is 20.8. The fraction of sp³-hybridized carbons (Fsp3) is 0.500. The second-order valence-electron chi connectivity index (χ2n) is 9.01. The van der Waals surface area contributed by atoms with Gasteiger partial charge in [0.15, 0.2) is 0 Å². The van der Waals surface area contributed by atoms with E-state index in [0.717, 1.165) is 37.5 Å². The average molecular weight is 406 g/mol. The van der Waals surface area contributed by atoms with Gasteiger partial charge >= 0.3 is 0 Å². The smallest absolute Gasteiger partial charge is 0.251 e. The molecule has 0 unspecified atom stereocenters. The van der Waals surface area contributed by atoms with Crippen LogP contribution in [0.3, 0.4) is 0 Å². The van der Waals surface area contributed by atoms with Crippen molar-refractivity contribution in [3.05, 3.63) is 65.2 Å². The largest absolute Gasteiger partial charge is 0.371 e. The number of likely N-dealkylation sites (tertiary alicyclic amines) is 1. The minimum absolute atomic E-state index is 0.0344. The molecule has 0 spiro atoms. The van der Waals surface area contributed by atoms with Gasteiger partial charge in [0.2, 0.25) is 0 Å². The summed E-state index contributed by atoms with van der Waals surface area (Å²) in [5.41, 5.74) is 4.87. The number of carbonyl (C=O) groups excluding carboxylic acids is 1. The maximum atomic E-state index is 12.5. The molecule has 4 heteroatoms. The zero-order valence-electron chi connectivity index (χ0n) is 18.3. The van der Waals surface area contributed by atoms with Gasteiger partial charge in [-0.15, -0.1) is 0 Å². The zero-order valence-corrected chi connectivity index (χ0v) is 18.3. The molecule has 2 aromatic rings. The fourth-order valence-corrected chi connectivity index (χ4v) is 4.87. The van der Waals surface area contributed by atoms with Crippen LogP contribution in [0.1, 0.15) is 54.1 Å². The summed E-state index contributed by atoms with van der Waals surface area (Å²) in [6, 6.07) is 16.9. The third-order valence-corrected chi connectivity index (χ3v) is 6.46. The van der Waals surface area contributed by atoms with Crippen LogP contribution in [-0.4, -0.2) is 43.5 Å². The molecule has 4 rings (SSSR count). The standard InChI is InChI=1S/C26H35N3O/c1-21-7-4-16-28(19-21)20-22-11-13-24(14-12-22)26(30)27-15-6-18-29-17-5-9-23-8-2-3-10-25(23)29/h2-3,8,10-14,21H,4-7,9,15-20H2,1H3,(H,27,30)/t21-/m1/s1. The molecule has 0 aliphatic carbocycles. The summed E-state index contributed by atoms with van der Waals surface area (Å²) in [4.78, 5) is 17.5. The fourth-order valence-electron chi connectivity index (χ4n) is 4.87. The normalized spacial score (nSPS) is 19.4. The first-order valence-corrected chi connectivity index (χ1v) is 11.6. The van der Waals surface area contributed by atoms with Crippen molar-refractivity contribution in [3.8, 4) is 0 Å². The number of carbonyl (C=O) groups is 1. The maximum absolute atomic E-state index is 12.5. The van der Waals surface area contributed by atoms with Crippen LogP contribution in [0.5, 0.6) is 0 Å². The van der Waals surface area contributed by atoms with Gasteiger partial charge in [-0.3, -0.25) is 9.69 Å². The van der Waals surface area contributed by atoms with E-state index in [1.54, 1.807) is 0 Å². The molecule has 30 heavy (non-hydrogen) atoms. The molecule has 1 amide bonds. The van der Waals surface area contributed by atoms with Crippen LogP contribution < -0.4 is 10.2 Å². The third kappa shape index (κ3) is 5.42. The second kappa shape index (κ2) is 10.1. The lowest BCUT2D eigenvalue weighted by molar-refractivity contribution is 0.0953. The van der Waals surface area contributed by atoms with Crippen LogP contribution in [0, 0.1) is 5.92 Å². The number of anilines is 1. The predicted octanol–water partition coefficient (Wildman–Crippen LogP) is 4.49. The van der Waals surface area contributed by atoms with E-state index in [9.17, 15) is 4.79 Å². The number of rotatable bonds is 7. The number of para-hydroxylation sites is 1. The lowest BCUT2D eigenvalue weighted by atomic mass is 9.99. The van der Waals surface area contributed by atoms with E-state index in [1.807, 2.05) is 12.1 Å². The maximum Gasteiger partial charge on any atom is 0.251 e. The first-order chi connectivity index (χ1) is 14.7. The number of nitrogens with one attached hydrogen (secondary N) is 1. The Morgan fingerprint density at radius 3 is 2.73 bits per heavy atom. The molecular weight excluding hydrogens is 370 g/mol. The number of amides is 1. The predicted molar refractivity (Wildman–Crippen MR) is 124 cm³/mol. The van der Waals surface area contributed by atoms with Crippen molar-refractivity contribution in [2.24, 2.45) is 5.92 Å². The number of nitrogens with zero attached hydrogens (tertiary/aromatic N) is 2. The highest BCUT2D eigenvalue weighted by molar-refractivity contribution is 5.94. The molecule has 1 atom stereocenters. The quantitative estimate of drug-likeness (QED) is 0.690. The SMILES string of the molecule is C[C@@H]1CCCN(Cc2ccc(C(=O)NCCCN3CCCc4ccccc43)cc2)C1. The highest BCUT2D eigenvalue weighted by atomic mass is 16.1. The lowest BCUT2D eigenvalue weighted by Crippen LogP contribution is -2.33. The van der Waals surface area contributed by atoms with E-state index in [-0.39, 0.29) is 5.91 Å². The molecule has 1 saturated heterocycles. The summed E-state index contributed by atoms with van der Waals surface area (Å²) >= 11 is 0. The Balaban J connectivity index is 1.21. The Kier molecular flexibility index (Phi) is 7.06. The van der Waals surface area contributed by atoms with Gasteiger partial charge in [0.05, 0.1) is 0 Å². The Morgan fingerprint density at radius 1 is 1.07 bits per heavy atom. The van der Waals surface area contributed by atoms with Gasteiger partial charge in [-0.25, -0.2) is 0 Å². The highest BCUT2D eigenvalue weighted by Crippen LogP contribution is 2.26. The molecular formula is C26H35N3O. The molecule has 160 valence electrons. The lowest BCUT2D eigenvalue weighted by Gasteiger charge is -2.31. The number of aryl methyl sites for hydroxylation is 1. The van der Waals surface area contributed by atoms with Crippen molar-refractivity contribution in [3.63, 3.8) is 0 Å². The molecule has 0 radical (unpaired) electrons. The summed E-state index contributed by atoms with van der Waals surface area (Å²) in [6.07, 6.45) is 6.00. The van der Waals surface area contributed by atoms with E-state index in [2.05, 4.69) is 58.4 Å². The van der Waals surface area contributed by atoms with Crippen molar-refractivity contribution in [2.45, 2.75) is 45.6 Å². The molecule has 2 aliphatic heterocycles. The van der Waals surface area contributed by atoms with Gasteiger partial charge in [0.25, 0.3) is 5.91 Å². The number of hydrogen-bond acceptors (Lipinski definition) is 3. The van der Waals surface area contributed by atoms with E-state index < -0.39 is 0 Å². The summed E-state index contributed by atoms with van der Waals surface area (Å²) in [6.45, 7) is 8.52. The average Bonchev–Trinajstić information content (AvgIpc) is 2.77. The van der Waals surface area contributed by atoms with Crippen LogP contribution in [0.15, 0.2) is 48.5 Å². The Hall–Kier alpha value is -2.33. The minimum atomic E-state index is 0.0344. The molecule has 1 N–H and O–H groups in total. The molecule has 2 aromatic carbocycles. The van der Waals surface area contributed by atoms with Crippen molar-refractivity contribution in [2.75, 3.05) is 37.6 Å². The van der Waals surface area contributed by atoms with Crippen LogP contribution in [0.4, 0.5) is 5.69 Å². The van der Waals surface area contributed by atoms with Crippen LogP contribution in [-0.2, 0) is 13.0 Å². The topological polar surface area (TPSA) is 35.6 Å².